The van der Waals surface area contributed by atoms with E-state index < -0.39 is 53.2 Å². The molecule has 1 aromatic heterocycles. The second-order valence-electron chi connectivity index (χ2n) is 5.83. The molecule has 0 aliphatic carbocycles. The summed E-state index contributed by atoms with van der Waals surface area (Å²) in [5, 5.41) is 14.6. The van der Waals surface area contributed by atoms with E-state index in [0.717, 1.165) is 4.68 Å². The molecule has 9 nitrogen and oxygen atoms in total. The number of aromatic nitrogens is 2. The van der Waals surface area contributed by atoms with Gasteiger partial charge in [-0.25, -0.2) is 21.5 Å². The number of anilines is 2. The zero-order valence-electron chi connectivity index (χ0n) is 15.3. The summed E-state index contributed by atoms with van der Waals surface area (Å²) in [5.74, 6) is -0.369. The van der Waals surface area contributed by atoms with Crippen LogP contribution in [0.2, 0.25) is 10.0 Å². The fourth-order valence-electron chi connectivity index (χ4n) is 2.55. The number of nitrogens with one attached hydrogen (secondary N) is 1. The lowest BCUT2D eigenvalue weighted by atomic mass is 10.2. The van der Waals surface area contributed by atoms with Crippen molar-refractivity contribution in [3.05, 3.63) is 33.4 Å². The monoisotopic (exact) mass is 505 g/mol. The van der Waals surface area contributed by atoms with E-state index in [2.05, 4.69) is 10.4 Å². The molecule has 0 unspecified atom stereocenters. The molecule has 0 radical (unpaired) electrons. The molecule has 0 amide bonds. The first-order valence-electron chi connectivity index (χ1n) is 7.52. The predicted molar refractivity (Wildman–Crippen MR) is 105 cm³/mol. The van der Waals surface area contributed by atoms with Crippen molar-refractivity contribution < 1.29 is 30.0 Å². The fraction of sp³-hybridized carbons (Fsp3) is 0.286. The minimum atomic E-state index is -4.76. The number of alkyl halides is 3. The van der Waals surface area contributed by atoms with Gasteiger partial charge in [0.05, 0.1) is 28.1 Å². The molecule has 2 rings (SSSR count). The Kier molecular flexibility index (Phi) is 6.26. The van der Waals surface area contributed by atoms with Gasteiger partial charge in [-0.2, -0.15) is 27.2 Å². The molecule has 30 heavy (non-hydrogen) atoms. The Labute approximate surface area is 179 Å². The highest BCUT2D eigenvalue weighted by Gasteiger charge is 2.37. The van der Waals surface area contributed by atoms with Gasteiger partial charge in [0.2, 0.25) is 20.0 Å². The van der Waals surface area contributed by atoms with Crippen molar-refractivity contribution in [1.29, 1.82) is 5.26 Å². The van der Waals surface area contributed by atoms with Crippen LogP contribution in [0.25, 0.3) is 5.69 Å². The second-order valence-corrected chi connectivity index (χ2v) is 10.5. The summed E-state index contributed by atoms with van der Waals surface area (Å²) >= 11 is 11.9. The number of benzene rings is 1. The maximum absolute atomic E-state index is 13.0. The lowest BCUT2D eigenvalue weighted by Gasteiger charge is -2.20. The van der Waals surface area contributed by atoms with Crippen molar-refractivity contribution in [2.24, 2.45) is 0 Å². The number of hydrogen-bond donors (Lipinski definition) is 1. The quantitative estimate of drug-likeness (QED) is 0.661. The highest BCUT2D eigenvalue weighted by Crippen LogP contribution is 2.41. The lowest BCUT2D eigenvalue weighted by molar-refractivity contribution is -0.137. The number of halogens is 5. The molecule has 0 saturated carbocycles. The average molecular weight is 506 g/mol. The predicted octanol–water partition coefficient (Wildman–Crippen LogP) is 2.84. The van der Waals surface area contributed by atoms with Gasteiger partial charge < -0.3 is 5.32 Å². The van der Waals surface area contributed by atoms with Crippen LogP contribution in [0.1, 0.15) is 11.3 Å². The Morgan fingerprint density at radius 2 is 1.60 bits per heavy atom. The molecular formula is C14H12Cl2F3N5O4S2. The van der Waals surface area contributed by atoms with Crippen molar-refractivity contribution in [3.63, 3.8) is 0 Å². The van der Waals surface area contributed by atoms with Crippen molar-refractivity contribution in [1.82, 2.24) is 9.78 Å². The molecule has 1 aromatic carbocycles. The zero-order chi connectivity index (χ0) is 23.2. The lowest BCUT2D eigenvalue weighted by Crippen LogP contribution is -2.36. The van der Waals surface area contributed by atoms with Crippen LogP contribution in [0.5, 0.6) is 0 Å². The third kappa shape index (κ3) is 4.43. The summed E-state index contributed by atoms with van der Waals surface area (Å²) in [5.41, 5.74) is -2.83. The SMILES string of the molecule is CNc1c(N(S(C)(=O)=O)S(C)(=O)=O)c(C#N)nn1-c1c(Cl)cc(C(F)(F)F)cc1Cl. The highest BCUT2D eigenvalue weighted by atomic mass is 35.5. The molecule has 0 bridgehead atoms. The van der Waals surface area contributed by atoms with Crippen LogP contribution in [0.3, 0.4) is 0 Å². The van der Waals surface area contributed by atoms with Crippen LogP contribution in [0.4, 0.5) is 24.7 Å². The van der Waals surface area contributed by atoms with E-state index in [1.54, 1.807) is 6.07 Å². The standard InChI is InChI=1S/C14H12Cl2F3N5O4S2/c1-21-13-12(24(29(2,25)26)30(3,27)28)10(6-20)22-23(13)11-8(15)4-7(5-9(11)16)14(17,18)19/h4-5,21H,1-3H3. The molecular weight excluding hydrogens is 494 g/mol. The topological polar surface area (TPSA) is 125 Å². The van der Waals surface area contributed by atoms with Gasteiger partial charge in [-0.3, -0.25) is 0 Å². The normalized spacial score (nSPS) is 12.5. The van der Waals surface area contributed by atoms with Crippen LogP contribution in [0.15, 0.2) is 12.1 Å². The molecule has 2 aromatic rings. The molecule has 0 fully saturated rings. The number of rotatable bonds is 5. The first-order valence-corrected chi connectivity index (χ1v) is 12.0. The van der Waals surface area contributed by atoms with E-state index in [9.17, 15) is 35.3 Å². The molecule has 0 aliphatic rings. The zero-order valence-corrected chi connectivity index (χ0v) is 18.4. The summed E-state index contributed by atoms with van der Waals surface area (Å²) in [4.78, 5) is 0. The van der Waals surface area contributed by atoms with Crippen molar-refractivity contribution in [3.8, 4) is 11.8 Å². The van der Waals surface area contributed by atoms with Gasteiger partial charge in [0.1, 0.15) is 17.4 Å². The molecule has 0 aliphatic heterocycles. The van der Waals surface area contributed by atoms with E-state index in [1.807, 2.05) is 0 Å². The minimum absolute atomic E-state index is 0.0280. The largest absolute Gasteiger partial charge is 0.416 e. The molecule has 1 N–H and O–H groups in total. The third-order valence-corrected chi connectivity index (χ3v) is 7.32. The van der Waals surface area contributed by atoms with Crippen molar-refractivity contribution in [2.75, 3.05) is 28.6 Å². The molecule has 0 saturated heterocycles. The molecule has 164 valence electrons. The molecule has 16 heteroatoms. The van der Waals surface area contributed by atoms with Gasteiger partial charge >= 0.3 is 6.18 Å². The van der Waals surface area contributed by atoms with E-state index >= 15 is 0 Å². The van der Waals surface area contributed by atoms with Crippen LogP contribution >= 0.6 is 23.2 Å². The molecule has 0 atom stereocenters. The third-order valence-electron chi connectivity index (χ3n) is 3.54. The number of nitriles is 1. The number of nitrogens with zero attached hydrogens (tertiary/aromatic N) is 4. The van der Waals surface area contributed by atoms with Gasteiger partial charge in [0.15, 0.2) is 11.5 Å². The van der Waals surface area contributed by atoms with Crippen LogP contribution < -0.4 is 9.03 Å². The van der Waals surface area contributed by atoms with E-state index in [1.165, 1.54) is 7.05 Å². The summed E-state index contributed by atoms with van der Waals surface area (Å²) < 4.78 is 88.3. The van der Waals surface area contributed by atoms with Gasteiger partial charge in [-0.15, -0.1) is 0 Å². The van der Waals surface area contributed by atoms with Gasteiger partial charge in [-0.05, 0) is 12.1 Å². The van der Waals surface area contributed by atoms with Crippen LogP contribution in [0, 0.1) is 11.3 Å². The van der Waals surface area contributed by atoms with Crippen molar-refractivity contribution in [2.45, 2.75) is 6.18 Å². The maximum Gasteiger partial charge on any atom is 0.416 e. The number of hydrogen-bond acceptors (Lipinski definition) is 7. The molecule has 1 heterocycles. The first-order chi connectivity index (χ1) is 13.5. The maximum atomic E-state index is 13.0. The summed E-state index contributed by atoms with van der Waals surface area (Å²) in [6.45, 7) is 0. The Balaban J connectivity index is 2.96. The van der Waals surface area contributed by atoms with Gasteiger partial charge in [0.25, 0.3) is 0 Å². The average Bonchev–Trinajstić information content (AvgIpc) is 2.88. The summed E-state index contributed by atoms with van der Waals surface area (Å²) in [6, 6.07) is 2.66. The molecule has 0 spiro atoms. The smallest absolute Gasteiger partial charge is 0.371 e. The highest BCUT2D eigenvalue weighted by molar-refractivity contribution is 8.09. The van der Waals surface area contributed by atoms with E-state index in [0.29, 0.717) is 24.6 Å². The van der Waals surface area contributed by atoms with Gasteiger partial charge in [0, 0.05) is 7.05 Å². The Morgan fingerprint density at radius 1 is 1.13 bits per heavy atom. The second kappa shape index (κ2) is 7.80. The Bertz CT molecular complexity index is 1210. The van der Waals surface area contributed by atoms with Crippen LogP contribution in [-0.2, 0) is 26.2 Å². The van der Waals surface area contributed by atoms with Crippen LogP contribution in [-0.4, -0.2) is 46.2 Å². The minimum Gasteiger partial charge on any atom is -0.371 e. The fourth-order valence-corrected chi connectivity index (χ4v) is 6.18. The van der Waals surface area contributed by atoms with E-state index in [-0.39, 0.29) is 15.2 Å². The summed E-state index contributed by atoms with van der Waals surface area (Å²) in [7, 11) is -7.70. The van der Waals surface area contributed by atoms with E-state index in [4.69, 9.17) is 23.2 Å². The summed E-state index contributed by atoms with van der Waals surface area (Å²) in [6.07, 6.45) is -3.58. The Hall–Kier alpha value is -2.21. The number of sulfonamides is 2. The van der Waals surface area contributed by atoms with Gasteiger partial charge in [-0.1, -0.05) is 23.2 Å². The Morgan fingerprint density at radius 3 is 1.93 bits per heavy atom. The van der Waals surface area contributed by atoms with Crippen molar-refractivity contribution >= 4 is 54.8 Å². The first kappa shape index (κ1) is 24.1.